The van der Waals surface area contributed by atoms with E-state index in [2.05, 4.69) is 47.1 Å². The maximum atomic E-state index is 2.24. The summed E-state index contributed by atoms with van der Waals surface area (Å²) in [6, 6.07) is 0. The average Bonchev–Trinajstić information content (AvgIpc) is 1.63. The van der Waals surface area contributed by atoms with Gasteiger partial charge in [-0.1, -0.05) is 42.0 Å². The Morgan fingerprint density at radius 2 is 1.55 bits per heavy atom. The van der Waals surface area contributed by atoms with Crippen molar-refractivity contribution < 1.29 is 0 Å². The van der Waals surface area contributed by atoms with E-state index in [1.165, 1.54) is 6.42 Å². The van der Waals surface area contributed by atoms with Crippen molar-refractivity contribution in [1.29, 1.82) is 0 Å². The predicted molar refractivity (Wildman–Crippen MR) is 57.2 cm³/mol. The molecule has 1 radical (unpaired) electrons. The zero-order chi connectivity index (χ0) is 7.49. The molecule has 0 saturated heterocycles. The van der Waals surface area contributed by atoms with E-state index >= 15 is 0 Å². The summed E-state index contributed by atoms with van der Waals surface area (Å²) in [5, 5.41) is 0.365. The summed E-state index contributed by atoms with van der Waals surface area (Å²) in [5.74, 6) is 0. The first-order valence-corrected chi connectivity index (χ1v) is 3.50. The van der Waals surface area contributed by atoms with E-state index < -0.39 is 0 Å². The van der Waals surface area contributed by atoms with E-state index in [1.807, 2.05) is 0 Å². The van der Waals surface area contributed by atoms with Gasteiger partial charge < -0.3 is 4.81 Å². The van der Waals surface area contributed by atoms with E-state index in [0.717, 1.165) is 0 Å². The summed E-state index contributed by atoms with van der Waals surface area (Å²) < 4.78 is 0. The van der Waals surface area contributed by atoms with Crippen LogP contribution in [0, 0.1) is 0 Å². The van der Waals surface area contributed by atoms with Gasteiger partial charge in [-0.3, -0.25) is 0 Å². The molecule has 0 saturated carbocycles. The predicted octanol–water partition coefficient (Wildman–Crippen LogP) is 3.05. The summed E-state index contributed by atoms with van der Waals surface area (Å²) in [6.45, 7) is 6.69. The van der Waals surface area contributed by atoms with Crippen LogP contribution in [0.15, 0.2) is 0 Å². The molecular formula is C9H25BN. The summed E-state index contributed by atoms with van der Waals surface area (Å²) in [5.41, 5.74) is 0. The Kier molecular flexibility index (Phi) is 10.5. The first kappa shape index (κ1) is 17.2. The minimum absolute atomic E-state index is 0. The van der Waals surface area contributed by atoms with Crippen molar-refractivity contribution in [3.8, 4) is 0 Å². The third-order valence-corrected chi connectivity index (χ3v) is 1.52. The molecule has 0 unspecified atom stereocenters. The SMILES string of the molecule is C.C.CCC(C)(C)[B]N(C)C. The molecule has 0 aliphatic rings. The molecule has 0 fully saturated rings. The smallest absolute Gasteiger partial charge is 0.214 e. The molecule has 0 aromatic heterocycles. The molecule has 0 aliphatic carbocycles. The number of hydrogen-bond acceptors (Lipinski definition) is 1. The zero-order valence-electron chi connectivity index (χ0n) is 7.23. The van der Waals surface area contributed by atoms with Gasteiger partial charge in [-0.2, -0.15) is 0 Å². The van der Waals surface area contributed by atoms with Crippen LogP contribution in [-0.4, -0.2) is 26.3 Å². The van der Waals surface area contributed by atoms with E-state index in [4.69, 9.17) is 0 Å². The van der Waals surface area contributed by atoms with Gasteiger partial charge in [0.05, 0.1) is 0 Å². The number of rotatable bonds is 3. The Labute approximate surface area is 74.4 Å². The van der Waals surface area contributed by atoms with Crippen molar-refractivity contribution in [3.63, 3.8) is 0 Å². The van der Waals surface area contributed by atoms with Gasteiger partial charge in [0.1, 0.15) is 0 Å². The topological polar surface area (TPSA) is 3.24 Å². The zero-order valence-corrected chi connectivity index (χ0v) is 7.23. The standard InChI is InChI=1S/C7H17BN.2CH4/c1-6-7(2,3)8-9(4)5;;/h6H2,1-5H3;2*1H4. The van der Waals surface area contributed by atoms with Gasteiger partial charge in [0.2, 0.25) is 7.41 Å². The fourth-order valence-corrected chi connectivity index (χ4v) is 0.790. The molecule has 0 bridgehead atoms. The number of hydrogen-bond donors (Lipinski definition) is 0. The van der Waals surface area contributed by atoms with Gasteiger partial charge in [0.25, 0.3) is 0 Å². The van der Waals surface area contributed by atoms with Crippen LogP contribution in [0.2, 0.25) is 5.31 Å². The normalized spacial score (nSPS) is 10.0. The Bertz CT molecular complexity index is 79.6. The Morgan fingerprint density at radius 3 is 1.64 bits per heavy atom. The van der Waals surface area contributed by atoms with Crippen molar-refractivity contribution in [2.45, 2.75) is 47.4 Å². The molecule has 2 heteroatoms. The molecule has 0 N–H and O–H groups in total. The van der Waals surface area contributed by atoms with Gasteiger partial charge in [-0.15, -0.1) is 0 Å². The lowest BCUT2D eigenvalue weighted by Gasteiger charge is -2.24. The lowest BCUT2D eigenvalue weighted by molar-refractivity contribution is 0.561. The molecule has 0 aromatic rings. The van der Waals surface area contributed by atoms with Gasteiger partial charge in [0.15, 0.2) is 0 Å². The van der Waals surface area contributed by atoms with Crippen LogP contribution in [0.1, 0.15) is 42.0 Å². The lowest BCUT2D eigenvalue weighted by Crippen LogP contribution is -2.27. The van der Waals surface area contributed by atoms with Crippen LogP contribution >= 0.6 is 0 Å². The summed E-state index contributed by atoms with van der Waals surface area (Å²) in [7, 11) is 6.38. The van der Waals surface area contributed by atoms with Crippen molar-refractivity contribution in [3.05, 3.63) is 0 Å². The van der Waals surface area contributed by atoms with Crippen molar-refractivity contribution in [2.24, 2.45) is 0 Å². The Morgan fingerprint density at radius 1 is 1.18 bits per heavy atom. The third kappa shape index (κ3) is 10.0. The van der Waals surface area contributed by atoms with E-state index in [0.29, 0.717) is 5.31 Å². The lowest BCUT2D eigenvalue weighted by atomic mass is 9.60. The van der Waals surface area contributed by atoms with E-state index in [9.17, 15) is 0 Å². The Balaban J connectivity index is -0.000000320. The highest BCUT2D eigenvalue weighted by atomic mass is 15.0. The Hall–Kier alpha value is 0.0249. The summed E-state index contributed by atoms with van der Waals surface area (Å²) in [4.78, 5) is 2.11. The van der Waals surface area contributed by atoms with Gasteiger partial charge >= 0.3 is 0 Å². The van der Waals surface area contributed by atoms with Crippen molar-refractivity contribution in [2.75, 3.05) is 14.1 Å². The highest BCUT2D eigenvalue weighted by Crippen LogP contribution is 2.26. The maximum Gasteiger partial charge on any atom is 0.214 e. The second-order valence-electron chi connectivity index (χ2n) is 3.43. The molecule has 0 amide bonds. The van der Waals surface area contributed by atoms with Crippen LogP contribution < -0.4 is 0 Å². The fraction of sp³-hybridized carbons (Fsp3) is 1.00. The fourth-order valence-electron chi connectivity index (χ4n) is 0.790. The van der Waals surface area contributed by atoms with Crippen LogP contribution in [-0.2, 0) is 0 Å². The first-order valence-electron chi connectivity index (χ1n) is 3.50. The number of nitrogens with zero attached hydrogens (tertiary/aromatic N) is 1. The van der Waals surface area contributed by atoms with Gasteiger partial charge in [-0.25, -0.2) is 0 Å². The van der Waals surface area contributed by atoms with Crippen molar-refractivity contribution >= 4 is 7.41 Å². The van der Waals surface area contributed by atoms with Crippen LogP contribution in [0.25, 0.3) is 0 Å². The minimum atomic E-state index is 0. The third-order valence-electron chi connectivity index (χ3n) is 1.52. The van der Waals surface area contributed by atoms with Gasteiger partial charge in [0, 0.05) is 0 Å². The molecule has 69 valence electrons. The second kappa shape index (κ2) is 6.72. The highest BCUT2D eigenvalue weighted by molar-refractivity contribution is 6.36. The summed E-state index contributed by atoms with van der Waals surface area (Å²) >= 11 is 0. The van der Waals surface area contributed by atoms with E-state index in [-0.39, 0.29) is 14.9 Å². The molecule has 11 heavy (non-hydrogen) atoms. The average molecular weight is 158 g/mol. The highest BCUT2D eigenvalue weighted by Gasteiger charge is 2.17. The van der Waals surface area contributed by atoms with Crippen molar-refractivity contribution in [1.82, 2.24) is 4.81 Å². The minimum Gasteiger partial charge on any atom is -0.351 e. The van der Waals surface area contributed by atoms with E-state index in [1.54, 1.807) is 0 Å². The molecular weight excluding hydrogens is 133 g/mol. The molecule has 0 atom stereocenters. The van der Waals surface area contributed by atoms with Crippen LogP contribution in [0.4, 0.5) is 0 Å². The monoisotopic (exact) mass is 158 g/mol. The van der Waals surface area contributed by atoms with Crippen LogP contribution in [0.5, 0.6) is 0 Å². The summed E-state index contributed by atoms with van der Waals surface area (Å²) in [6.07, 6.45) is 1.20. The second-order valence-corrected chi connectivity index (χ2v) is 3.43. The molecule has 0 aromatic carbocycles. The quantitative estimate of drug-likeness (QED) is 0.570. The molecule has 0 aliphatic heterocycles. The largest absolute Gasteiger partial charge is 0.351 e. The first-order chi connectivity index (χ1) is 3.98. The molecule has 0 spiro atoms. The molecule has 1 nitrogen and oxygen atoms in total. The van der Waals surface area contributed by atoms with Crippen LogP contribution in [0.3, 0.4) is 0 Å². The molecule has 0 heterocycles. The maximum absolute atomic E-state index is 2.24. The molecule has 0 rings (SSSR count). The van der Waals surface area contributed by atoms with Gasteiger partial charge in [-0.05, 0) is 19.4 Å².